The van der Waals surface area contributed by atoms with Crippen molar-refractivity contribution in [3.05, 3.63) is 42.0 Å². The van der Waals surface area contributed by atoms with Crippen molar-refractivity contribution in [2.45, 2.75) is 19.3 Å². The number of anilines is 1. The summed E-state index contributed by atoms with van der Waals surface area (Å²) in [5, 5.41) is 12.0. The standard InChI is InChI=1S/C15H18N2O3/c1-10(2)9-16-15(20)17-8-7-12(14(18)19)11-5-3-4-6-13(11)17/h3-6,12H,1,7-9H2,2H3,(H,16,20)(H,18,19). The van der Waals surface area contributed by atoms with Crippen LogP contribution in [0.25, 0.3) is 0 Å². The van der Waals surface area contributed by atoms with E-state index in [2.05, 4.69) is 11.9 Å². The highest BCUT2D eigenvalue weighted by Crippen LogP contribution is 2.35. The molecular formula is C15H18N2O3. The molecule has 1 heterocycles. The van der Waals surface area contributed by atoms with Crippen LogP contribution < -0.4 is 10.2 Å². The van der Waals surface area contributed by atoms with Crippen LogP contribution in [0.15, 0.2) is 36.4 Å². The predicted molar refractivity (Wildman–Crippen MR) is 77.0 cm³/mol. The smallest absolute Gasteiger partial charge is 0.322 e. The van der Waals surface area contributed by atoms with Crippen molar-refractivity contribution in [2.75, 3.05) is 18.0 Å². The third kappa shape index (κ3) is 2.82. The topological polar surface area (TPSA) is 69.6 Å². The van der Waals surface area contributed by atoms with Crippen LogP contribution in [0.1, 0.15) is 24.8 Å². The lowest BCUT2D eigenvalue weighted by atomic mass is 9.90. The molecule has 106 valence electrons. The second-order valence-corrected chi connectivity index (χ2v) is 5.01. The number of nitrogens with one attached hydrogen (secondary N) is 1. The SMILES string of the molecule is C=C(C)CNC(=O)N1CCC(C(=O)O)c2ccccc21. The van der Waals surface area contributed by atoms with Crippen LogP contribution in [0.4, 0.5) is 10.5 Å². The Balaban J connectivity index is 2.25. The average molecular weight is 274 g/mol. The molecule has 1 unspecified atom stereocenters. The molecule has 0 saturated heterocycles. The Morgan fingerprint density at radius 2 is 2.15 bits per heavy atom. The summed E-state index contributed by atoms with van der Waals surface area (Å²) in [6, 6.07) is 6.94. The van der Waals surface area contributed by atoms with Gasteiger partial charge in [-0.15, -0.1) is 0 Å². The number of aliphatic carboxylic acids is 1. The zero-order chi connectivity index (χ0) is 14.7. The molecule has 1 atom stereocenters. The lowest BCUT2D eigenvalue weighted by molar-refractivity contribution is -0.139. The highest BCUT2D eigenvalue weighted by molar-refractivity contribution is 5.95. The second kappa shape index (κ2) is 5.77. The quantitative estimate of drug-likeness (QED) is 0.831. The molecule has 0 radical (unpaired) electrons. The number of hydrogen-bond donors (Lipinski definition) is 2. The molecule has 2 amide bonds. The maximum atomic E-state index is 12.2. The molecule has 5 nitrogen and oxygen atoms in total. The van der Waals surface area contributed by atoms with Gasteiger partial charge < -0.3 is 10.4 Å². The minimum Gasteiger partial charge on any atom is -0.481 e. The van der Waals surface area contributed by atoms with Crippen molar-refractivity contribution in [3.63, 3.8) is 0 Å². The van der Waals surface area contributed by atoms with Gasteiger partial charge in [-0.3, -0.25) is 9.69 Å². The third-order valence-electron chi connectivity index (χ3n) is 3.33. The average Bonchev–Trinajstić information content (AvgIpc) is 2.43. The fourth-order valence-electron chi connectivity index (χ4n) is 2.35. The zero-order valence-electron chi connectivity index (χ0n) is 11.4. The van der Waals surface area contributed by atoms with E-state index in [0.29, 0.717) is 30.8 Å². The maximum Gasteiger partial charge on any atom is 0.322 e. The molecule has 0 spiro atoms. The first kappa shape index (κ1) is 14.1. The van der Waals surface area contributed by atoms with E-state index in [-0.39, 0.29) is 6.03 Å². The van der Waals surface area contributed by atoms with Crippen LogP contribution >= 0.6 is 0 Å². The van der Waals surface area contributed by atoms with Crippen LogP contribution in [0.5, 0.6) is 0 Å². The lowest BCUT2D eigenvalue weighted by Crippen LogP contribution is -2.44. The first-order valence-electron chi connectivity index (χ1n) is 6.52. The van der Waals surface area contributed by atoms with Crippen molar-refractivity contribution < 1.29 is 14.7 Å². The number of fused-ring (bicyclic) bond motifs is 1. The van der Waals surface area contributed by atoms with E-state index in [1.807, 2.05) is 13.0 Å². The number of nitrogens with zero attached hydrogens (tertiary/aromatic N) is 1. The van der Waals surface area contributed by atoms with Crippen LogP contribution in [0.2, 0.25) is 0 Å². The lowest BCUT2D eigenvalue weighted by Gasteiger charge is -2.32. The summed E-state index contributed by atoms with van der Waals surface area (Å²) in [7, 11) is 0. The fraction of sp³-hybridized carbons (Fsp3) is 0.333. The summed E-state index contributed by atoms with van der Waals surface area (Å²) in [6.07, 6.45) is 0.423. The van der Waals surface area contributed by atoms with E-state index in [9.17, 15) is 14.7 Å². The number of para-hydroxylation sites is 1. The van der Waals surface area contributed by atoms with E-state index in [0.717, 1.165) is 5.57 Å². The Kier molecular flexibility index (Phi) is 4.08. The van der Waals surface area contributed by atoms with Crippen LogP contribution in [0.3, 0.4) is 0 Å². The molecule has 1 aromatic carbocycles. The van der Waals surface area contributed by atoms with Gasteiger partial charge in [-0.25, -0.2) is 4.79 Å². The van der Waals surface area contributed by atoms with Gasteiger partial charge in [0.1, 0.15) is 0 Å². The molecule has 0 aliphatic carbocycles. The van der Waals surface area contributed by atoms with Crippen molar-refractivity contribution >= 4 is 17.7 Å². The zero-order valence-corrected chi connectivity index (χ0v) is 11.4. The monoisotopic (exact) mass is 274 g/mol. The summed E-state index contributed by atoms with van der Waals surface area (Å²) in [5.41, 5.74) is 2.23. The van der Waals surface area contributed by atoms with Crippen molar-refractivity contribution in [3.8, 4) is 0 Å². The summed E-state index contributed by atoms with van der Waals surface area (Å²) in [4.78, 5) is 25.0. The molecule has 2 rings (SSSR count). The molecule has 5 heteroatoms. The molecule has 2 N–H and O–H groups in total. The summed E-state index contributed by atoms with van der Waals surface area (Å²) in [5.74, 6) is -1.39. The van der Waals surface area contributed by atoms with Gasteiger partial charge in [0, 0.05) is 18.8 Å². The molecule has 0 bridgehead atoms. The van der Waals surface area contributed by atoms with Gasteiger partial charge in [-0.05, 0) is 25.0 Å². The Labute approximate surface area is 117 Å². The number of amides is 2. The first-order chi connectivity index (χ1) is 9.50. The van der Waals surface area contributed by atoms with E-state index >= 15 is 0 Å². The number of carbonyl (C=O) groups excluding carboxylic acids is 1. The van der Waals surface area contributed by atoms with Gasteiger partial charge in [0.2, 0.25) is 0 Å². The van der Waals surface area contributed by atoms with Crippen molar-refractivity contribution in [1.29, 1.82) is 0 Å². The highest BCUT2D eigenvalue weighted by atomic mass is 16.4. The molecule has 1 aromatic rings. The largest absolute Gasteiger partial charge is 0.481 e. The minimum absolute atomic E-state index is 0.218. The second-order valence-electron chi connectivity index (χ2n) is 5.01. The number of benzene rings is 1. The van der Waals surface area contributed by atoms with Gasteiger partial charge in [-0.2, -0.15) is 0 Å². The normalized spacial score (nSPS) is 17.2. The summed E-state index contributed by atoms with van der Waals surface area (Å²) >= 11 is 0. The molecule has 0 fully saturated rings. The Bertz CT molecular complexity index is 554. The fourth-order valence-corrected chi connectivity index (χ4v) is 2.35. The minimum atomic E-state index is -0.848. The van der Waals surface area contributed by atoms with Gasteiger partial charge >= 0.3 is 12.0 Å². The van der Waals surface area contributed by atoms with Gasteiger partial charge in [0.05, 0.1) is 5.92 Å². The van der Waals surface area contributed by atoms with E-state index < -0.39 is 11.9 Å². The third-order valence-corrected chi connectivity index (χ3v) is 3.33. The molecule has 0 aromatic heterocycles. The van der Waals surface area contributed by atoms with Crippen LogP contribution in [0, 0.1) is 0 Å². The van der Waals surface area contributed by atoms with Gasteiger partial charge in [0.25, 0.3) is 0 Å². The number of hydrogen-bond acceptors (Lipinski definition) is 2. The Morgan fingerprint density at radius 1 is 1.45 bits per heavy atom. The maximum absolute atomic E-state index is 12.2. The van der Waals surface area contributed by atoms with Gasteiger partial charge in [0.15, 0.2) is 0 Å². The summed E-state index contributed by atoms with van der Waals surface area (Å²) in [6.45, 7) is 6.39. The number of carboxylic acids is 1. The molecular weight excluding hydrogens is 256 g/mol. The van der Waals surface area contributed by atoms with E-state index in [1.54, 1.807) is 23.1 Å². The number of urea groups is 1. The van der Waals surface area contributed by atoms with Gasteiger partial charge in [-0.1, -0.05) is 30.4 Å². The van der Waals surface area contributed by atoms with Crippen molar-refractivity contribution in [1.82, 2.24) is 5.32 Å². The number of rotatable bonds is 3. The van der Waals surface area contributed by atoms with Crippen molar-refractivity contribution in [2.24, 2.45) is 0 Å². The summed E-state index contributed by atoms with van der Waals surface area (Å²) < 4.78 is 0. The predicted octanol–water partition coefficient (Wildman–Crippen LogP) is 2.35. The van der Waals surface area contributed by atoms with E-state index in [1.165, 1.54) is 0 Å². The molecule has 0 saturated carbocycles. The molecule has 1 aliphatic rings. The first-order valence-corrected chi connectivity index (χ1v) is 6.52. The highest BCUT2D eigenvalue weighted by Gasteiger charge is 2.32. The van der Waals surface area contributed by atoms with Crippen LogP contribution in [-0.4, -0.2) is 30.2 Å². The Morgan fingerprint density at radius 3 is 2.80 bits per heavy atom. The number of carbonyl (C=O) groups is 2. The Hall–Kier alpha value is -2.30. The molecule has 20 heavy (non-hydrogen) atoms. The van der Waals surface area contributed by atoms with E-state index in [4.69, 9.17) is 0 Å². The molecule has 1 aliphatic heterocycles. The number of carboxylic acid groups (broad SMARTS) is 1. The van der Waals surface area contributed by atoms with Crippen LogP contribution in [-0.2, 0) is 4.79 Å².